The molecule has 1 aliphatic carbocycles. The number of hydrogen-bond acceptors (Lipinski definition) is 3. The summed E-state index contributed by atoms with van der Waals surface area (Å²) in [5.74, 6) is 0.640. The largest absolute Gasteiger partial charge is 0.672 e. The van der Waals surface area contributed by atoms with Crippen LogP contribution in [0.1, 0.15) is 41.2 Å². The van der Waals surface area contributed by atoms with Gasteiger partial charge in [0, 0.05) is 0 Å². The molecular formula is C28H26NO3-. The predicted molar refractivity (Wildman–Crippen MR) is 127 cm³/mol. The highest BCUT2D eigenvalue weighted by Gasteiger charge is 2.24. The first-order valence-electron chi connectivity index (χ1n) is 11.1. The zero-order valence-corrected chi connectivity index (χ0v) is 18.4. The Morgan fingerprint density at radius 2 is 1.81 bits per heavy atom. The minimum absolute atomic E-state index is 0.246. The van der Waals surface area contributed by atoms with Gasteiger partial charge in [-0.1, -0.05) is 60.2 Å². The Hall–Kier alpha value is -3.53. The number of aryl methyl sites for hydroxylation is 1. The van der Waals surface area contributed by atoms with E-state index < -0.39 is 6.04 Å². The number of ether oxygens (including phenoxy) is 2. The topological polar surface area (TPSA) is 49.6 Å². The van der Waals surface area contributed by atoms with Crippen LogP contribution in [0.15, 0.2) is 66.7 Å². The van der Waals surface area contributed by atoms with Gasteiger partial charge < -0.3 is 14.8 Å². The summed E-state index contributed by atoms with van der Waals surface area (Å²) in [5, 5.41) is 4.59. The fourth-order valence-electron chi connectivity index (χ4n) is 4.78. The van der Waals surface area contributed by atoms with Crippen LogP contribution < -0.4 is 4.74 Å². The molecule has 0 spiro atoms. The average molecular weight is 425 g/mol. The van der Waals surface area contributed by atoms with Crippen LogP contribution in [0.4, 0.5) is 5.69 Å². The summed E-state index contributed by atoms with van der Waals surface area (Å²) < 4.78 is 10.7. The minimum Gasteiger partial charge on any atom is -0.672 e. The average Bonchev–Trinajstić information content (AvgIpc) is 3.27. The molecule has 1 unspecified atom stereocenters. The zero-order chi connectivity index (χ0) is 22.1. The van der Waals surface area contributed by atoms with Crippen molar-refractivity contribution >= 4 is 22.8 Å². The van der Waals surface area contributed by atoms with Crippen molar-refractivity contribution in [3.63, 3.8) is 0 Å². The molecular weight excluding hydrogens is 398 g/mol. The maximum Gasteiger partial charge on any atom is 0.291 e. The van der Waals surface area contributed by atoms with Crippen molar-refractivity contribution in [1.82, 2.24) is 0 Å². The Balaban J connectivity index is 1.61. The lowest BCUT2D eigenvalue weighted by molar-refractivity contribution is -0.143. The molecule has 5 rings (SSSR count). The summed E-state index contributed by atoms with van der Waals surface area (Å²) in [6, 6.07) is 22.9. The van der Waals surface area contributed by atoms with Crippen molar-refractivity contribution in [2.75, 3.05) is 13.7 Å². The molecule has 3 aromatic carbocycles. The van der Waals surface area contributed by atoms with Crippen LogP contribution in [0.3, 0.4) is 0 Å². The van der Waals surface area contributed by atoms with Crippen LogP contribution in [0.5, 0.6) is 5.75 Å². The number of carbonyl (C=O) groups excluding carboxylic acids is 1. The van der Waals surface area contributed by atoms with Crippen molar-refractivity contribution in [2.45, 2.75) is 32.2 Å². The maximum absolute atomic E-state index is 12.2. The Morgan fingerprint density at radius 1 is 0.969 bits per heavy atom. The smallest absolute Gasteiger partial charge is 0.291 e. The first-order chi connectivity index (χ1) is 15.7. The monoisotopic (exact) mass is 424 g/mol. The van der Waals surface area contributed by atoms with Gasteiger partial charge in [-0.25, -0.2) is 0 Å². The Morgan fingerprint density at radius 3 is 2.59 bits per heavy atom. The Labute approximate surface area is 188 Å². The first kappa shape index (κ1) is 20.4. The Bertz CT molecular complexity index is 1200. The van der Waals surface area contributed by atoms with E-state index in [1.165, 1.54) is 27.8 Å². The third-order valence-corrected chi connectivity index (χ3v) is 6.29. The van der Waals surface area contributed by atoms with Gasteiger partial charge >= 0.3 is 0 Å². The summed E-state index contributed by atoms with van der Waals surface area (Å²) in [6.07, 6.45) is 2.53. The van der Waals surface area contributed by atoms with E-state index in [0.717, 1.165) is 35.4 Å². The zero-order valence-electron chi connectivity index (χ0n) is 18.4. The molecule has 1 aliphatic heterocycles. The number of methoxy groups -OCH3 is 1. The highest BCUT2D eigenvalue weighted by molar-refractivity contribution is 6.01. The molecule has 3 aromatic rings. The van der Waals surface area contributed by atoms with E-state index in [2.05, 4.69) is 59.9 Å². The normalized spacial score (nSPS) is 16.8. The summed E-state index contributed by atoms with van der Waals surface area (Å²) in [7, 11) is 1.71. The second-order valence-corrected chi connectivity index (χ2v) is 8.19. The van der Waals surface area contributed by atoms with Crippen LogP contribution in [0, 0.1) is 0 Å². The van der Waals surface area contributed by atoms with Crippen molar-refractivity contribution in [3.05, 3.63) is 99.9 Å². The lowest BCUT2D eigenvalue weighted by Gasteiger charge is -2.26. The highest BCUT2D eigenvalue weighted by Crippen LogP contribution is 2.44. The molecule has 1 heterocycles. The van der Waals surface area contributed by atoms with Gasteiger partial charge in [0.05, 0.1) is 13.7 Å². The molecule has 0 saturated heterocycles. The van der Waals surface area contributed by atoms with Crippen LogP contribution in [0.2, 0.25) is 0 Å². The third-order valence-electron chi connectivity index (χ3n) is 6.29. The van der Waals surface area contributed by atoms with E-state index in [9.17, 15) is 4.79 Å². The fourth-order valence-corrected chi connectivity index (χ4v) is 4.78. The highest BCUT2D eigenvalue weighted by atomic mass is 16.5. The predicted octanol–water partition coefficient (Wildman–Crippen LogP) is 6.09. The number of fused-ring (bicyclic) bond motifs is 2. The Kier molecular flexibility index (Phi) is 5.44. The van der Waals surface area contributed by atoms with Crippen LogP contribution in [-0.2, 0) is 22.4 Å². The molecule has 0 amide bonds. The second kappa shape index (κ2) is 8.54. The number of rotatable bonds is 5. The number of nitrogens with zero attached hydrogens (tertiary/aromatic N) is 1. The molecule has 0 fully saturated rings. The van der Waals surface area contributed by atoms with Crippen LogP contribution in [0.25, 0.3) is 16.5 Å². The molecule has 0 saturated carbocycles. The quantitative estimate of drug-likeness (QED) is 0.466. The molecule has 0 N–H and O–H groups in total. The van der Waals surface area contributed by atoms with Crippen LogP contribution in [-0.4, -0.2) is 25.7 Å². The van der Waals surface area contributed by atoms with Gasteiger partial charge in [0.15, 0.2) is 0 Å². The van der Waals surface area contributed by atoms with Gasteiger partial charge in [-0.2, -0.15) is 0 Å². The van der Waals surface area contributed by atoms with Gasteiger partial charge in [0.25, 0.3) is 5.97 Å². The molecule has 4 nitrogen and oxygen atoms in total. The third kappa shape index (κ3) is 3.66. The van der Waals surface area contributed by atoms with E-state index in [-0.39, 0.29) is 5.97 Å². The van der Waals surface area contributed by atoms with E-state index in [1.54, 1.807) is 7.11 Å². The van der Waals surface area contributed by atoms with E-state index >= 15 is 0 Å². The van der Waals surface area contributed by atoms with Gasteiger partial charge in [0.1, 0.15) is 5.75 Å². The van der Waals surface area contributed by atoms with Crippen molar-refractivity contribution in [1.29, 1.82) is 0 Å². The van der Waals surface area contributed by atoms with Crippen molar-refractivity contribution in [2.24, 2.45) is 0 Å². The minimum atomic E-state index is -0.439. The number of carbonyl (C=O) groups is 1. The lowest BCUT2D eigenvalue weighted by atomic mass is 9.79. The van der Waals surface area contributed by atoms with Crippen molar-refractivity contribution in [3.8, 4) is 5.75 Å². The lowest BCUT2D eigenvalue weighted by Crippen LogP contribution is -2.21. The van der Waals surface area contributed by atoms with E-state index in [4.69, 9.17) is 9.47 Å². The van der Waals surface area contributed by atoms with Gasteiger partial charge in [-0.05, 0) is 77.8 Å². The molecule has 162 valence electrons. The molecule has 0 bridgehead atoms. The first-order valence-corrected chi connectivity index (χ1v) is 11.1. The number of hydrogen-bond donors (Lipinski definition) is 0. The summed E-state index contributed by atoms with van der Waals surface area (Å²) in [4.78, 5) is 12.2. The maximum atomic E-state index is 12.2. The SMILES string of the molecule is CCOC(=O)C1Cc2cc(C3=C(c4ccccc4)CCc4cc(OC)ccc43)ccc2[N-]1. The van der Waals surface area contributed by atoms with Gasteiger partial charge in [0.2, 0.25) is 0 Å². The second-order valence-electron chi connectivity index (χ2n) is 8.19. The van der Waals surface area contributed by atoms with Gasteiger partial charge in [-0.15, -0.1) is 5.69 Å². The van der Waals surface area contributed by atoms with E-state index in [1.807, 2.05) is 19.1 Å². The number of allylic oxidation sites excluding steroid dienone is 1. The van der Waals surface area contributed by atoms with Crippen molar-refractivity contribution < 1.29 is 14.3 Å². The molecule has 0 aromatic heterocycles. The summed E-state index contributed by atoms with van der Waals surface area (Å²) in [5.41, 5.74) is 9.54. The molecule has 4 heteroatoms. The summed E-state index contributed by atoms with van der Waals surface area (Å²) in [6.45, 7) is 2.20. The van der Waals surface area contributed by atoms with Crippen LogP contribution >= 0.6 is 0 Å². The molecule has 32 heavy (non-hydrogen) atoms. The van der Waals surface area contributed by atoms with E-state index in [0.29, 0.717) is 13.0 Å². The molecule has 0 radical (unpaired) electrons. The molecule has 2 aliphatic rings. The van der Waals surface area contributed by atoms with Gasteiger partial charge in [-0.3, -0.25) is 4.79 Å². The molecule has 1 atom stereocenters. The number of benzene rings is 3. The standard InChI is InChI=1S/C28H26NO3/c1-3-32-28(30)26-17-21-15-20(10-14-25(21)29-26)27-23(18-7-5-4-6-8-18)12-9-19-16-22(31-2)11-13-24(19)27/h4-8,10-11,13-16,26H,3,9,12,17H2,1-2H3/q-1. The number of esters is 1. The fraction of sp³-hybridized carbons (Fsp3) is 0.250. The summed E-state index contributed by atoms with van der Waals surface area (Å²) >= 11 is 0.